The number of fused-ring (bicyclic) bond motifs is 1. The van der Waals surface area contributed by atoms with E-state index in [-0.39, 0.29) is 6.42 Å². The van der Waals surface area contributed by atoms with Gasteiger partial charge in [0.15, 0.2) is 0 Å². The van der Waals surface area contributed by atoms with Gasteiger partial charge in [0, 0.05) is 29.6 Å². The lowest BCUT2D eigenvalue weighted by atomic mass is 9.79. The van der Waals surface area contributed by atoms with Crippen LogP contribution in [-0.2, 0) is 17.6 Å². The van der Waals surface area contributed by atoms with Gasteiger partial charge in [-0.1, -0.05) is 23.7 Å². The van der Waals surface area contributed by atoms with Gasteiger partial charge < -0.3 is 14.7 Å². The molecule has 0 aliphatic carbocycles. The summed E-state index contributed by atoms with van der Waals surface area (Å²) in [5.74, 6) is 1.18. The summed E-state index contributed by atoms with van der Waals surface area (Å²) in [7, 11) is 1.69. The number of hydrogen-bond acceptors (Lipinski definition) is 4. The third kappa shape index (κ3) is 7.44. The smallest absolute Gasteiger partial charge is 0.303 e. The Hall–Kier alpha value is -2.63. The number of likely N-dealkylation sites (tertiary alicyclic amines) is 1. The van der Waals surface area contributed by atoms with E-state index in [1.54, 1.807) is 7.11 Å². The minimum Gasteiger partial charge on any atom is -0.497 e. The zero-order chi connectivity index (χ0) is 25.3. The van der Waals surface area contributed by atoms with Gasteiger partial charge in [0.1, 0.15) is 5.75 Å². The second-order valence-corrected chi connectivity index (χ2v) is 10.5. The number of carboxylic acids is 1. The summed E-state index contributed by atoms with van der Waals surface area (Å²) in [4.78, 5) is 18.4. The van der Waals surface area contributed by atoms with Crippen molar-refractivity contribution in [1.82, 2.24) is 9.88 Å². The third-order valence-electron chi connectivity index (χ3n) is 7.59. The highest BCUT2D eigenvalue weighted by atomic mass is 35.5. The number of benzene rings is 2. The number of carbonyl (C=O) groups is 1. The zero-order valence-corrected chi connectivity index (χ0v) is 21.9. The molecule has 1 N–H and O–H groups in total. The van der Waals surface area contributed by atoms with Crippen LogP contribution < -0.4 is 4.74 Å². The van der Waals surface area contributed by atoms with Crippen LogP contribution in [0.4, 0.5) is 0 Å². The molecule has 3 aromatic rings. The van der Waals surface area contributed by atoms with Gasteiger partial charge in [0.05, 0.1) is 12.6 Å². The highest BCUT2D eigenvalue weighted by Gasteiger charge is 2.29. The third-order valence-corrected chi connectivity index (χ3v) is 7.83. The fourth-order valence-corrected chi connectivity index (χ4v) is 5.87. The first-order chi connectivity index (χ1) is 17.5. The average molecular weight is 509 g/mol. The van der Waals surface area contributed by atoms with E-state index in [4.69, 9.17) is 16.3 Å². The largest absolute Gasteiger partial charge is 0.497 e. The molecule has 0 spiro atoms. The van der Waals surface area contributed by atoms with E-state index in [2.05, 4.69) is 28.1 Å². The number of piperidine rings is 1. The molecule has 192 valence electrons. The molecular weight excluding hydrogens is 472 g/mol. The molecule has 1 saturated heterocycles. The van der Waals surface area contributed by atoms with Crippen LogP contribution in [-0.4, -0.2) is 47.7 Å². The number of aromatic nitrogens is 1. The summed E-state index contributed by atoms with van der Waals surface area (Å²) in [5.41, 5.74) is 3.58. The summed E-state index contributed by atoms with van der Waals surface area (Å²) in [6.07, 6.45) is 9.40. The molecule has 0 saturated carbocycles. The molecule has 0 radical (unpaired) electrons. The van der Waals surface area contributed by atoms with E-state index < -0.39 is 5.97 Å². The molecule has 6 heteroatoms. The van der Waals surface area contributed by atoms with Crippen molar-refractivity contribution in [3.63, 3.8) is 0 Å². The van der Waals surface area contributed by atoms with Crippen molar-refractivity contribution in [2.75, 3.05) is 26.7 Å². The lowest BCUT2D eigenvalue weighted by Gasteiger charge is -2.39. The topological polar surface area (TPSA) is 62.7 Å². The van der Waals surface area contributed by atoms with E-state index in [1.165, 1.54) is 11.1 Å². The standard InChI is InChI=1S/C30H37ClN2O3/c1-36-27-11-12-29-28(20-27)24(14-16-32-29)8-3-7-23-15-18-33(21-25(23)10-13-30(34)35)17-4-6-22-5-2-9-26(31)19-22/h2,5,9,11-12,14,16,19-20,23,25H,3-4,6-8,10,13,15,17-18,21H2,1H3,(H,34,35)/t23-,25+/m1/s1. The van der Waals surface area contributed by atoms with Crippen molar-refractivity contribution in [3.8, 4) is 5.75 Å². The van der Waals surface area contributed by atoms with E-state index in [9.17, 15) is 9.90 Å². The van der Waals surface area contributed by atoms with Crippen molar-refractivity contribution < 1.29 is 14.6 Å². The first-order valence-corrected chi connectivity index (χ1v) is 13.5. The Bertz CT molecular complexity index is 1150. The Balaban J connectivity index is 1.31. The van der Waals surface area contributed by atoms with Crippen LogP contribution in [0.2, 0.25) is 5.02 Å². The van der Waals surface area contributed by atoms with Crippen LogP contribution in [0, 0.1) is 11.8 Å². The molecule has 2 atom stereocenters. The maximum atomic E-state index is 11.3. The molecule has 2 aromatic carbocycles. The number of halogens is 1. The summed E-state index contributed by atoms with van der Waals surface area (Å²) < 4.78 is 5.42. The predicted molar refractivity (Wildman–Crippen MR) is 146 cm³/mol. The van der Waals surface area contributed by atoms with Crippen molar-refractivity contribution in [2.24, 2.45) is 11.8 Å². The monoisotopic (exact) mass is 508 g/mol. The Labute approximate surface area is 219 Å². The van der Waals surface area contributed by atoms with Gasteiger partial charge >= 0.3 is 5.97 Å². The summed E-state index contributed by atoms with van der Waals surface area (Å²) in [6, 6.07) is 16.3. The summed E-state index contributed by atoms with van der Waals surface area (Å²) >= 11 is 6.12. The van der Waals surface area contributed by atoms with Crippen molar-refractivity contribution in [1.29, 1.82) is 0 Å². The average Bonchev–Trinajstić information content (AvgIpc) is 2.88. The molecule has 0 bridgehead atoms. The lowest BCUT2D eigenvalue weighted by molar-refractivity contribution is -0.137. The highest BCUT2D eigenvalue weighted by Crippen LogP contribution is 2.32. The minimum absolute atomic E-state index is 0.256. The van der Waals surface area contributed by atoms with E-state index in [1.807, 2.05) is 36.5 Å². The molecule has 1 aliphatic rings. The van der Waals surface area contributed by atoms with Gasteiger partial charge in [-0.25, -0.2) is 0 Å². The van der Waals surface area contributed by atoms with Crippen LogP contribution in [0.25, 0.3) is 10.9 Å². The number of pyridine rings is 1. The SMILES string of the molecule is COc1ccc2nccc(CCC[C@@H]3CCN(CCCc4cccc(Cl)c4)C[C@@H]3CCC(=O)O)c2c1. The molecule has 1 aliphatic heterocycles. The van der Waals surface area contributed by atoms with E-state index >= 15 is 0 Å². The summed E-state index contributed by atoms with van der Waals surface area (Å²) in [6.45, 7) is 3.15. The van der Waals surface area contributed by atoms with Crippen molar-refractivity contribution in [2.45, 2.75) is 51.4 Å². The zero-order valence-electron chi connectivity index (χ0n) is 21.2. The molecular formula is C30H37ClN2O3. The highest BCUT2D eigenvalue weighted by molar-refractivity contribution is 6.30. The van der Waals surface area contributed by atoms with Gasteiger partial charge in [-0.05, 0) is 117 Å². The quantitative estimate of drug-likeness (QED) is 0.296. The second-order valence-electron chi connectivity index (χ2n) is 10.0. The first kappa shape index (κ1) is 26.4. The predicted octanol–water partition coefficient (Wildman–Crippen LogP) is 6.66. The molecule has 2 heterocycles. The molecule has 0 amide bonds. The summed E-state index contributed by atoms with van der Waals surface area (Å²) in [5, 5.41) is 11.3. The number of rotatable bonds is 12. The number of nitrogens with zero attached hydrogens (tertiary/aromatic N) is 2. The number of methoxy groups -OCH3 is 1. The number of ether oxygens (including phenoxy) is 1. The van der Waals surface area contributed by atoms with Crippen LogP contribution in [0.3, 0.4) is 0 Å². The molecule has 36 heavy (non-hydrogen) atoms. The van der Waals surface area contributed by atoms with E-state index in [0.717, 1.165) is 86.3 Å². The maximum Gasteiger partial charge on any atom is 0.303 e. The molecule has 1 aromatic heterocycles. The van der Waals surface area contributed by atoms with Crippen LogP contribution in [0.5, 0.6) is 5.75 Å². The van der Waals surface area contributed by atoms with E-state index in [0.29, 0.717) is 11.8 Å². The van der Waals surface area contributed by atoms with Gasteiger partial charge in [-0.15, -0.1) is 0 Å². The van der Waals surface area contributed by atoms with Gasteiger partial charge in [0.25, 0.3) is 0 Å². The molecule has 0 unspecified atom stereocenters. The number of aryl methyl sites for hydroxylation is 2. The van der Waals surface area contributed by atoms with Crippen LogP contribution >= 0.6 is 11.6 Å². The minimum atomic E-state index is -0.691. The number of hydrogen-bond donors (Lipinski definition) is 1. The Kier molecular flexibility index (Phi) is 9.60. The van der Waals surface area contributed by atoms with Crippen molar-refractivity contribution >= 4 is 28.5 Å². The van der Waals surface area contributed by atoms with Gasteiger partial charge in [0.2, 0.25) is 0 Å². The first-order valence-electron chi connectivity index (χ1n) is 13.1. The Morgan fingerprint density at radius 2 is 2.00 bits per heavy atom. The molecule has 4 rings (SSSR count). The fraction of sp³-hybridized carbons (Fsp3) is 0.467. The second kappa shape index (κ2) is 13.1. The van der Waals surface area contributed by atoms with Gasteiger partial charge in [-0.3, -0.25) is 9.78 Å². The number of carboxylic acid groups (broad SMARTS) is 1. The molecule has 1 fully saturated rings. The van der Waals surface area contributed by atoms with Crippen molar-refractivity contribution in [3.05, 3.63) is 70.9 Å². The van der Waals surface area contributed by atoms with Crippen LogP contribution in [0.1, 0.15) is 49.7 Å². The fourth-order valence-electron chi connectivity index (χ4n) is 5.66. The maximum absolute atomic E-state index is 11.3. The Morgan fingerprint density at radius 1 is 1.11 bits per heavy atom. The van der Waals surface area contributed by atoms with Gasteiger partial charge in [-0.2, -0.15) is 0 Å². The normalized spacial score (nSPS) is 18.4. The number of aliphatic carboxylic acids is 1. The Morgan fingerprint density at radius 3 is 2.81 bits per heavy atom. The molecule has 5 nitrogen and oxygen atoms in total. The lowest BCUT2D eigenvalue weighted by Crippen LogP contribution is -2.41. The van der Waals surface area contributed by atoms with Crippen LogP contribution in [0.15, 0.2) is 54.7 Å².